The highest BCUT2D eigenvalue weighted by Crippen LogP contribution is 2.24. The van der Waals surface area contributed by atoms with Gasteiger partial charge in [0.2, 0.25) is 11.8 Å². The molecule has 3 rings (SSSR count). The van der Waals surface area contributed by atoms with E-state index in [1.54, 1.807) is 54.6 Å². The van der Waals surface area contributed by atoms with Crippen molar-refractivity contribution in [2.24, 2.45) is 0 Å². The number of sulfonamides is 1. The van der Waals surface area contributed by atoms with Crippen LogP contribution < -0.4 is 14.9 Å². The second-order valence-corrected chi connectivity index (χ2v) is 8.47. The van der Waals surface area contributed by atoms with Gasteiger partial charge in [0, 0.05) is 18.3 Å². The minimum atomic E-state index is -4.12. The van der Waals surface area contributed by atoms with E-state index < -0.39 is 28.3 Å². The monoisotopic (exact) mass is 441 g/mol. The molecule has 31 heavy (non-hydrogen) atoms. The van der Waals surface area contributed by atoms with Crippen molar-refractivity contribution in [3.05, 3.63) is 84.7 Å². The van der Waals surface area contributed by atoms with Crippen LogP contribution in [0.3, 0.4) is 0 Å². The molecule has 0 bridgehead atoms. The minimum Gasteiger partial charge on any atom is -0.326 e. The largest absolute Gasteiger partial charge is 0.326 e. The Labute approximate surface area is 179 Å². The van der Waals surface area contributed by atoms with Gasteiger partial charge in [-0.25, -0.2) is 12.8 Å². The van der Waals surface area contributed by atoms with Crippen LogP contribution in [-0.2, 0) is 19.6 Å². The Morgan fingerprint density at radius 1 is 0.839 bits per heavy atom. The molecule has 0 aliphatic rings. The third-order valence-electron chi connectivity index (χ3n) is 4.22. The summed E-state index contributed by atoms with van der Waals surface area (Å²) in [6.07, 6.45) is 0. The molecule has 0 atom stereocenters. The Morgan fingerprint density at radius 3 is 1.94 bits per heavy atom. The van der Waals surface area contributed by atoms with E-state index in [0.717, 1.165) is 28.6 Å². The molecule has 0 aliphatic carbocycles. The van der Waals surface area contributed by atoms with Crippen LogP contribution in [0.25, 0.3) is 0 Å². The number of nitrogens with one attached hydrogen (secondary N) is 2. The number of carbonyl (C=O) groups is 2. The lowest BCUT2D eigenvalue weighted by atomic mass is 10.2. The Kier molecular flexibility index (Phi) is 6.66. The first-order chi connectivity index (χ1) is 14.8. The van der Waals surface area contributed by atoms with Crippen LogP contribution in [0.15, 0.2) is 83.8 Å². The maximum absolute atomic E-state index is 13.3. The summed E-state index contributed by atoms with van der Waals surface area (Å²) in [6.45, 7) is 0.895. The number of benzene rings is 3. The van der Waals surface area contributed by atoms with Crippen molar-refractivity contribution in [3.63, 3.8) is 0 Å². The normalized spacial score (nSPS) is 10.9. The molecule has 0 aliphatic heterocycles. The molecule has 0 unspecified atom stereocenters. The molecular weight excluding hydrogens is 421 g/mol. The van der Waals surface area contributed by atoms with Crippen LogP contribution in [0.5, 0.6) is 0 Å². The van der Waals surface area contributed by atoms with Crippen LogP contribution >= 0.6 is 0 Å². The number of hydrogen-bond acceptors (Lipinski definition) is 4. The summed E-state index contributed by atoms with van der Waals surface area (Å²) in [5.74, 6) is -1.35. The highest BCUT2D eigenvalue weighted by molar-refractivity contribution is 7.92. The highest BCUT2D eigenvalue weighted by Gasteiger charge is 2.27. The van der Waals surface area contributed by atoms with Gasteiger partial charge in [0.1, 0.15) is 12.4 Å². The van der Waals surface area contributed by atoms with Gasteiger partial charge in [-0.1, -0.05) is 18.2 Å². The van der Waals surface area contributed by atoms with Crippen molar-refractivity contribution in [2.75, 3.05) is 21.5 Å². The SMILES string of the molecule is CC(=O)Nc1ccc(NC(=O)CN(c2ccccc2)S(=O)(=O)c2ccc(F)cc2)cc1. The van der Waals surface area contributed by atoms with Gasteiger partial charge in [-0.2, -0.15) is 0 Å². The van der Waals surface area contributed by atoms with Crippen molar-refractivity contribution >= 4 is 38.9 Å². The maximum atomic E-state index is 13.3. The van der Waals surface area contributed by atoms with Crippen LogP contribution in [0.2, 0.25) is 0 Å². The van der Waals surface area contributed by atoms with Crippen molar-refractivity contribution in [3.8, 4) is 0 Å². The average molecular weight is 441 g/mol. The molecule has 2 N–H and O–H groups in total. The van der Waals surface area contributed by atoms with E-state index in [1.165, 1.54) is 6.92 Å². The van der Waals surface area contributed by atoms with Crippen LogP contribution in [0.1, 0.15) is 6.92 Å². The highest BCUT2D eigenvalue weighted by atomic mass is 32.2. The summed E-state index contributed by atoms with van der Waals surface area (Å²) in [7, 11) is -4.12. The molecule has 0 aromatic heterocycles. The van der Waals surface area contributed by atoms with Gasteiger partial charge in [-0.3, -0.25) is 13.9 Å². The van der Waals surface area contributed by atoms with Gasteiger partial charge < -0.3 is 10.6 Å². The lowest BCUT2D eigenvalue weighted by Crippen LogP contribution is -2.38. The van der Waals surface area contributed by atoms with Gasteiger partial charge in [0.25, 0.3) is 10.0 Å². The van der Waals surface area contributed by atoms with Crippen molar-refractivity contribution in [2.45, 2.75) is 11.8 Å². The number of carbonyl (C=O) groups excluding carboxylic acids is 2. The second kappa shape index (κ2) is 9.40. The van der Waals surface area contributed by atoms with E-state index in [0.29, 0.717) is 17.1 Å². The number of nitrogens with zero attached hydrogens (tertiary/aromatic N) is 1. The van der Waals surface area contributed by atoms with E-state index in [4.69, 9.17) is 0 Å². The van der Waals surface area contributed by atoms with E-state index in [1.807, 2.05) is 0 Å². The van der Waals surface area contributed by atoms with E-state index >= 15 is 0 Å². The number of halogens is 1. The number of hydrogen-bond donors (Lipinski definition) is 2. The molecule has 0 spiro atoms. The molecule has 2 amide bonds. The van der Waals surface area contributed by atoms with E-state index in [-0.39, 0.29) is 10.8 Å². The first-order valence-electron chi connectivity index (χ1n) is 9.26. The number of rotatable bonds is 7. The summed E-state index contributed by atoms with van der Waals surface area (Å²) in [6, 6.07) is 19.0. The zero-order chi connectivity index (χ0) is 22.4. The topological polar surface area (TPSA) is 95.6 Å². The summed E-state index contributed by atoms with van der Waals surface area (Å²) in [5.41, 5.74) is 1.30. The summed E-state index contributed by atoms with van der Waals surface area (Å²) >= 11 is 0. The molecule has 0 fully saturated rings. The van der Waals surface area contributed by atoms with Gasteiger partial charge in [-0.15, -0.1) is 0 Å². The molecule has 3 aromatic carbocycles. The molecule has 7 nitrogen and oxygen atoms in total. The third kappa shape index (κ3) is 5.67. The fourth-order valence-corrected chi connectivity index (χ4v) is 4.24. The number of anilines is 3. The quantitative estimate of drug-likeness (QED) is 0.585. The molecule has 0 saturated heterocycles. The molecule has 0 saturated carbocycles. The average Bonchev–Trinajstić information content (AvgIpc) is 2.74. The van der Waals surface area contributed by atoms with Gasteiger partial charge in [0.05, 0.1) is 10.6 Å². The van der Waals surface area contributed by atoms with E-state index in [2.05, 4.69) is 10.6 Å². The Hall–Kier alpha value is -3.72. The molecular formula is C22H20FN3O4S. The Morgan fingerprint density at radius 2 is 1.39 bits per heavy atom. The lowest BCUT2D eigenvalue weighted by molar-refractivity contribution is -0.115. The zero-order valence-corrected chi connectivity index (χ0v) is 17.4. The Balaban J connectivity index is 1.83. The van der Waals surface area contributed by atoms with Crippen LogP contribution in [0.4, 0.5) is 21.5 Å². The smallest absolute Gasteiger partial charge is 0.264 e. The molecule has 160 valence electrons. The van der Waals surface area contributed by atoms with Crippen molar-refractivity contribution < 1.29 is 22.4 Å². The molecule has 0 radical (unpaired) electrons. The first kappa shape index (κ1) is 22.0. The zero-order valence-electron chi connectivity index (χ0n) is 16.6. The second-order valence-electron chi connectivity index (χ2n) is 6.61. The molecule has 0 heterocycles. The first-order valence-corrected chi connectivity index (χ1v) is 10.7. The van der Waals surface area contributed by atoms with Crippen molar-refractivity contribution in [1.29, 1.82) is 0 Å². The maximum Gasteiger partial charge on any atom is 0.264 e. The van der Waals surface area contributed by atoms with Crippen LogP contribution in [-0.4, -0.2) is 26.8 Å². The molecule has 9 heteroatoms. The summed E-state index contributed by atoms with van der Waals surface area (Å²) in [4.78, 5) is 23.6. The molecule has 3 aromatic rings. The van der Waals surface area contributed by atoms with E-state index in [9.17, 15) is 22.4 Å². The van der Waals surface area contributed by atoms with Gasteiger partial charge in [-0.05, 0) is 60.7 Å². The summed E-state index contributed by atoms with van der Waals surface area (Å²) < 4.78 is 40.5. The Bertz CT molecular complexity index is 1170. The number of para-hydroxylation sites is 1. The fourth-order valence-electron chi connectivity index (χ4n) is 2.81. The minimum absolute atomic E-state index is 0.134. The van der Waals surface area contributed by atoms with Crippen LogP contribution in [0, 0.1) is 5.82 Å². The summed E-state index contributed by atoms with van der Waals surface area (Å²) in [5, 5.41) is 5.25. The van der Waals surface area contributed by atoms with Gasteiger partial charge >= 0.3 is 0 Å². The predicted molar refractivity (Wildman–Crippen MR) is 117 cm³/mol. The standard InChI is InChI=1S/C22H20FN3O4S/c1-16(27)24-18-9-11-19(12-10-18)25-22(28)15-26(20-5-3-2-4-6-20)31(29,30)21-13-7-17(23)8-14-21/h2-14H,15H2,1H3,(H,24,27)(H,25,28). The fraction of sp³-hybridized carbons (Fsp3) is 0.0909. The number of amides is 2. The van der Waals surface area contributed by atoms with Crippen molar-refractivity contribution in [1.82, 2.24) is 0 Å². The predicted octanol–water partition coefficient (Wildman–Crippen LogP) is 3.62. The van der Waals surface area contributed by atoms with Gasteiger partial charge in [0.15, 0.2) is 0 Å². The lowest BCUT2D eigenvalue weighted by Gasteiger charge is -2.24. The third-order valence-corrected chi connectivity index (χ3v) is 6.01.